The van der Waals surface area contributed by atoms with Gasteiger partial charge in [-0.1, -0.05) is 0 Å². The summed E-state index contributed by atoms with van der Waals surface area (Å²) in [4.78, 5) is 39.7. The van der Waals surface area contributed by atoms with Crippen molar-refractivity contribution in [1.82, 2.24) is 9.88 Å². The van der Waals surface area contributed by atoms with Crippen LogP contribution in [0.25, 0.3) is 0 Å². The molecule has 138 valence electrons. The van der Waals surface area contributed by atoms with Crippen LogP contribution in [0.2, 0.25) is 0 Å². The second-order valence-corrected chi connectivity index (χ2v) is 6.73. The second kappa shape index (κ2) is 8.46. The molecule has 0 aromatic carbocycles. The maximum atomic E-state index is 12.1. The molecule has 0 atom stereocenters. The predicted octanol–water partition coefficient (Wildman–Crippen LogP) is 1.48. The van der Waals surface area contributed by atoms with Gasteiger partial charge in [-0.3, -0.25) is 9.59 Å². The van der Waals surface area contributed by atoms with E-state index in [0.717, 1.165) is 4.90 Å². The van der Waals surface area contributed by atoms with E-state index in [1.54, 1.807) is 26.8 Å². The number of aryl methyl sites for hydroxylation is 1. The van der Waals surface area contributed by atoms with Gasteiger partial charge in [0.05, 0.1) is 5.69 Å². The van der Waals surface area contributed by atoms with Gasteiger partial charge in [0.25, 0.3) is 0 Å². The number of nitrogen functional groups attached to an aromatic ring is 1. The third-order valence-corrected chi connectivity index (χ3v) is 3.31. The third-order valence-electron chi connectivity index (χ3n) is 3.31. The molecule has 0 aliphatic heterocycles. The first-order valence-corrected chi connectivity index (χ1v) is 7.93. The molecule has 1 rings (SSSR count). The van der Waals surface area contributed by atoms with Crippen molar-refractivity contribution in [1.29, 1.82) is 0 Å². The molecule has 1 heterocycles. The number of nitrogens with zero attached hydrogens (tertiary/aromatic N) is 2. The summed E-state index contributed by atoms with van der Waals surface area (Å²) in [5.41, 5.74) is 6.35. The van der Waals surface area contributed by atoms with Crippen molar-refractivity contribution in [2.24, 2.45) is 0 Å². The Morgan fingerprint density at radius 1 is 1.32 bits per heavy atom. The lowest BCUT2D eigenvalue weighted by Crippen LogP contribution is -2.31. The van der Waals surface area contributed by atoms with E-state index in [4.69, 9.17) is 15.6 Å². The minimum atomic E-state index is -1.06. The Morgan fingerprint density at radius 3 is 2.52 bits per heavy atom. The average molecular weight is 351 g/mol. The zero-order valence-corrected chi connectivity index (χ0v) is 15.0. The quantitative estimate of drug-likeness (QED) is 0.713. The van der Waals surface area contributed by atoms with Crippen molar-refractivity contribution in [3.05, 3.63) is 23.5 Å². The van der Waals surface area contributed by atoms with Gasteiger partial charge >= 0.3 is 11.9 Å². The summed E-state index contributed by atoms with van der Waals surface area (Å²) in [6.07, 6.45) is 2.61. The fraction of sp³-hybridized carbons (Fsp3) is 0.529. The fourth-order valence-corrected chi connectivity index (χ4v) is 2.13. The lowest BCUT2D eigenvalue weighted by Gasteiger charge is -2.20. The second-order valence-electron chi connectivity index (χ2n) is 6.73. The highest BCUT2D eigenvalue weighted by atomic mass is 16.6. The molecule has 25 heavy (non-hydrogen) atoms. The monoisotopic (exact) mass is 351 g/mol. The number of pyridine rings is 1. The zero-order chi connectivity index (χ0) is 19.2. The molecule has 0 radical (unpaired) electrons. The van der Waals surface area contributed by atoms with Crippen LogP contribution in [0.15, 0.2) is 12.3 Å². The number of aromatic nitrogens is 1. The van der Waals surface area contributed by atoms with E-state index in [-0.39, 0.29) is 30.3 Å². The minimum Gasteiger partial charge on any atom is -0.480 e. The van der Waals surface area contributed by atoms with Gasteiger partial charge in [-0.25, -0.2) is 9.78 Å². The van der Waals surface area contributed by atoms with E-state index >= 15 is 0 Å². The molecule has 0 aliphatic carbocycles. The average Bonchev–Trinajstić information content (AvgIpc) is 2.46. The molecule has 0 saturated carbocycles. The van der Waals surface area contributed by atoms with Crippen LogP contribution in [0, 0.1) is 0 Å². The maximum absolute atomic E-state index is 12.1. The van der Waals surface area contributed by atoms with Gasteiger partial charge < -0.3 is 20.5 Å². The van der Waals surface area contributed by atoms with E-state index in [1.807, 2.05) is 0 Å². The highest BCUT2D eigenvalue weighted by molar-refractivity contribution is 5.93. The van der Waals surface area contributed by atoms with Crippen molar-refractivity contribution in [2.45, 2.75) is 45.6 Å². The SMILES string of the molecule is CN(CC(=O)O)C(=O)CCCc1ccnc(C(=O)OC(C)(C)C)c1N. The molecule has 0 aliphatic rings. The lowest BCUT2D eigenvalue weighted by molar-refractivity contribution is -0.143. The van der Waals surface area contributed by atoms with Gasteiger partial charge in [0, 0.05) is 19.7 Å². The molecule has 0 bridgehead atoms. The number of carbonyl (C=O) groups excluding carboxylic acids is 2. The summed E-state index contributed by atoms with van der Waals surface area (Å²) in [5, 5.41) is 8.67. The van der Waals surface area contributed by atoms with Crippen molar-refractivity contribution >= 4 is 23.5 Å². The van der Waals surface area contributed by atoms with Crippen LogP contribution < -0.4 is 5.73 Å². The number of amides is 1. The van der Waals surface area contributed by atoms with Gasteiger partial charge in [0.15, 0.2) is 5.69 Å². The van der Waals surface area contributed by atoms with Crippen LogP contribution in [0.5, 0.6) is 0 Å². The summed E-state index contributed by atoms with van der Waals surface area (Å²) in [6, 6.07) is 1.69. The summed E-state index contributed by atoms with van der Waals surface area (Å²) in [5.74, 6) is -1.91. The Hall–Kier alpha value is -2.64. The summed E-state index contributed by atoms with van der Waals surface area (Å²) in [6.45, 7) is 4.93. The number of carbonyl (C=O) groups is 3. The molecule has 3 N–H and O–H groups in total. The smallest absolute Gasteiger partial charge is 0.359 e. The number of hydrogen-bond donors (Lipinski definition) is 2. The number of aliphatic carboxylic acids is 1. The zero-order valence-electron chi connectivity index (χ0n) is 15.0. The number of carboxylic acids is 1. The molecule has 1 amide bonds. The number of likely N-dealkylation sites (N-methyl/N-ethyl adjacent to an activating group) is 1. The third kappa shape index (κ3) is 6.78. The van der Waals surface area contributed by atoms with Crippen LogP contribution in [0.3, 0.4) is 0 Å². The normalized spacial score (nSPS) is 11.0. The number of carboxylic acid groups (broad SMARTS) is 1. The Morgan fingerprint density at radius 2 is 1.96 bits per heavy atom. The van der Waals surface area contributed by atoms with Gasteiger partial charge in [-0.05, 0) is 45.2 Å². The van der Waals surface area contributed by atoms with Crippen molar-refractivity contribution < 1.29 is 24.2 Å². The number of anilines is 1. The predicted molar refractivity (Wildman–Crippen MR) is 92.0 cm³/mol. The van der Waals surface area contributed by atoms with E-state index in [2.05, 4.69) is 4.98 Å². The Kier molecular flexibility index (Phi) is 6.90. The summed E-state index contributed by atoms with van der Waals surface area (Å²) >= 11 is 0. The van der Waals surface area contributed by atoms with Crippen molar-refractivity contribution in [3.8, 4) is 0 Å². The first-order valence-electron chi connectivity index (χ1n) is 7.93. The molecular formula is C17H25N3O5. The highest BCUT2D eigenvalue weighted by Gasteiger charge is 2.22. The van der Waals surface area contributed by atoms with Gasteiger partial charge in [0.1, 0.15) is 12.1 Å². The van der Waals surface area contributed by atoms with Crippen molar-refractivity contribution in [2.75, 3.05) is 19.3 Å². The first-order chi connectivity index (χ1) is 11.5. The molecule has 1 aromatic heterocycles. The van der Waals surface area contributed by atoms with E-state index in [0.29, 0.717) is 18.4 Å². The van der Waals surface area contributed by atoms with E-state index < -0.39 is 17.5 Å². The summed E-state index contributed by atoms with van der Waals surface area (Å²) in [7, 11) is 1.44. The molecule has 0 saturated heterocycles. The molecule has 0 unspecified atom stereocenters. The molecule has 1 aromatic rings. The summed E-state index contributed by atoms with van der Waals surface area (Å²) < 4.78 is 5.27. The number of rotatable bonds is 7. The van der Waals surface area contributed by atoms with Crippen LogP contribution in [0.4, 0.5) is 5.69 Å². The number of ether oxygens (including phenoxy) is 1. The first kappa shape index (κ1) is 20.4. The maximum Gasteiger partial charge on any atom is 0.359 e. The van der Waals surface area contributed by atoms with Crippen molar-refractivity contribution in [3.63, 3.8) is 0 Å². The van der Waals surface area contributed by atoms with Crippen LogP contribution in [0.1, 0.15) is 49.7 Å². The largest absolute Gasteiger partial charge is 0.480 e. The van der Waals surface area contributed by atoms with Gasteiger partial charge in [0.2, 0.25) is 5.91 Å². The van der Waals surface area contributed by atoms with Crippen LogP contribution in [-0.2, 0) is 20.7 Å². The standard InChI is InChI=1S/C17H25N3O5/c1-17(2,3)25-16(24)15-14(18)11(8-9-19-15)6-5-7-12(21)20(4)10-13(22)23/h8-9H,5-7,10,18H2,1-4H3,(H,22,23). The fourth-order valence-electron chi connectivity index (χ4n) is 2.13. The number of hydrogen-bond acceptors (Lipinski definition) is 6. The Bertz CT molecular complexity index is 652. The van der Waals surface area contributed by atoms with Gasteiger partial charge in [-0.2, -0.15) is 0 Å². The molecule has 0 fully saturated rings. The van der Waals surface area contributed by atoms with Gasteiger partial charge in [-0.15, -0.1) is 0 Å². The topological polar surface area (TPSA) is 123 Å². The number of esters is 1. The molecule has 0 spiro atoms. The Labute approximate surface area is 147 Å². The van der Waals surface area contributed by atoms with E-state index in [9.17, 15) is 14.4 Å². The van der Waals surface area contributed by atoms with E-state index in [1.165, 1.54) is 13.2 Å². The minimum absolute atomic E-state index is 0.0572. The van der Waals surface area contributed by atoms with Crippen LogP contribution >= 0.6 is 0 Å². The van der Waals surface area contributed by atoms with Crippen LogP contribution in [-0.4, -0.2) is 52.0 Å². The Balaban J connectivity index is 2.69. The highest BCUT2D eigenvalue weighted by Crippen LogP contribution is 2.20. The molecular weight excluding hydrogens is 326 g/mol. The molecule has 8 nitrogen and oxygen atoms in total. The number of nitrogens with two attached hydrogens (primary N) is 1. The lowest BCUT2D eigenvalue weighted by atomic mass is 10.1. The molecule has 8 heteroatoms.